The van der Waals surface area contributed by atoms with Crippen LogP contribution in [0.15, 0.2) is 54.6 Å². The lowest BCUT2D eigenvalue weighted by Crippen LogP contribution is -2.66. The minimum absolute atomic E-state index is 0.0230. The number of nitrogens with zero attached hydrogens (tertiary/aromatic N) is 1. The van der Waals surface area contributed by atoms with Gasteiger partial charge in [0.2, 0.25) is 5.91 Å². The molecule has 0 aliphatic carbocycles. The molecule has 0 unspecified atom stereocenters. The molecule has 1 amide bonds. The predicted octanol–water partition coefficient (Wildman–Crippen LogP) is 4.34. The zero-order valence-electron chi connectivity index (χ0n) is 17.7. The Morgan fingerprint density at radius 3 is 2.28 bits per heavy atom. The molecule has 1 fully saturated rings. The van der Waals surface area contributed by atoms with Crippen LogP contribution in [0.4, 0.5) is 0 Å². The molecule has 0 N–H and O–H groups in total. The zero-order chi connectivity index (χ0) is 21.1. The normalized spacial score (nSPS) is 21.7. The first-order valence-corrected chi connectivity index (χ1v) is 10.0. The van der Waals surface area contributed by atoms with Gasteiger partial charge >= 0.3 is 5.97 Å². The van der Waals surface area contributed by atoms with E-state index in [1.807, 2.05) is 60.4 Å². The summed E-state index contributed by atoms with van der Waals surface area (Å²) in [6.45, 7) is 7.35. The number of esters is 1. The van der Waals surface area contributed by atoms with Crippen LogP contribution in [0.3, 0.4) is 0 Å². The van der Waals surface area contributed by atoms with Crippen LogP contribution in [0.25, 0.3) is 0 Å². The van der Waals surface area contributed by atoms with Crippen LogP contribution in [0.5, 0.6) is 5.75 Å². The summed E-state index contributed by atoms with van der Waals surface area (Å²) in [5, 5.41) is 0. The van der Waals surface area contributed by atoms with E-state index >= 15 is 0 Å². The summed E-state index contributed by atoms with van der Waals surface area (Å²) in [7, 11) is 1.64. The minimum Gasteiger partial charge on any atom is -0.497 e. The molecule has 2 aromatic rings. The Morgan fingerprint density at radius 1 is 1.00 bits per heavy atom. The average molecular weight is 395 g/mol. The summed E-state index contributed by atoms with van der Waals surface area (Å²) >= 11 is 0. The van der Waals surface area contributed by atoms with Crippen molar-refractivity contribution in [3.05, 3.63) is 65.7 Å². The second-order valence-electron chi connectivity index (χ2n) is 7.73. The lowest BCUT2D eigenvalue weighted by Gasteiger charge is -2.54. The van der Waals surface area contributed by atoms with Gasteiger partial charge in [0.25, 0.3) is 0 Å². The lowest BCUT2D eigenvalue weighted by molar-refractivity contribution is -0.177. The SMILES string of the molecule is COc1cccc([C@H](C)[C@@H]2[C@@H]([C@H](C)OC(C)=O)C(=O)N2[C@@H](C)c2ccccc2)c1. The highest BCUT2D eigenvalue weighted by Crippen LogP contribution is 2.45. The monoisotopic (exact) mass is 395 g/mol. The third kappa shape index (κ3) is 4.14. The zero-order valence-corrected chi connectivity index (χ0v) is 17.7. The Bertz CT molecular complexity index is 866. The van der Waals surface area contributed by atoms with Crippen molar-refractivity contribution < 1.29 is 19.1 Å². The van der Waals surface area contributed by atoms with Gasteiger partial charge in [0.15, 0.2) is 0 Å². The molecular formula is C24H29NO4. The summed E-state index contributed by atoms with van der Waals surface area (Å²) in [6, 6.07) is 17.8. The van der Waals surface area contributed by atoms with Gasteiger partial charge in [-0.3, -0.25) is 9.59 Å². The fourth-order valence-electron chi connectivity index (χ4n) is 4.38. The number of hydrogen-bond acceptors (Lipinski definition) is 4. The van der Waals surface area contributed by atoms with Crippen LogP contribution in [0.2, 0.25) is 0 Å². The molecule has 1 aliphatic rings. The number of likely N-dealkylation sites (tertiary alicyclic amines) is 1. The first-order valence-electron chi connectivity index (χ1n) is 10.0. The van der Waals surface area contributed by atoms with Crippen LogP contribution >= 0.6 is 0 Å². The van der Waals surface area contributed by atoms with Gasteiger partial charge in [-0.1, -0.05) is 49.4 Å². The molecule has 154 valence electrons. The number of benzene rings is 2. The molecule has 1 aliphatic heterocycles. The van der Waals surface area contributed by atoms with Crippen LogP contribution in [-0.2, 0) is 14.3 Å². The first kappa shape index (κ1) is 20.9. The van der Waals surface area contributed by atoms with Gasteiger partial charge in [0.05, 0.1) is 25.1 Å². The summed E-state index contributed by atoms with van der Waals surface area (Å²) in [6.07, 6.45) is -0.475. The number of rotatable bonds is 7. The number of ether oxygens (including phenoxy) is 2. The molecule has 0 spiro atoms. The van der Waals surface area contributed by atoms with E-state index in [-0.39, 0.29) is 35.8 Å². The molecule has 0 radical (unpaired) electrons. The van der Waals surface area contributed by atoms with Crippen LogP contribution in [0.1, 0.15) is 50.8 Å². The van der Waals surface area contributed by atoms with Gasteiger partial charge in [-0.2, -0.15) is 0 Å². The van der Waals surface area contributed by atoms with Crippen molar-refractivity contribution in [2.75, 3.05) is 7.11 Å². The maximum atomic E-state index is 13.2. The third-order valence-electron chi connectivity index (χ3n) is 5.92. The van der Waals surface area contributed by atoms with Gasteiger partial charge in [-0.15, -0.1) is 0 Å². The molecule has 5 nitrogen and oxygen atoms in total. The molecule has 1 saturated heterocycles. The van der Waals surface area contributed by atoms with Gasteiger partial charge in [-0.25, -0.2) is 0 Å². The molecule has 0 aromatic heterocycles. The Balaban J connectivity index is 1.94. The summed E-state index contributed by atoms with van der Waals surface area (Å²) in [4.78, 5) is 26.6. The van der Waals surface area contributed by atoms with Gasteiger partial charge < -0.3 is 14.4 Å². The van der Waals surface area contributed by atoms with Gasteiger partial charge in [-0.05, 0) is 37.1 Å². The highest BCUT2D eigenvalue weighted by Gasteiger charge is 2.55. The maximum absolute atomic E-state index is 13.2. The molecule has 3 rings (SSSR count). The molecule has 1 heterocycles. The summed E-state index contributed by atoms with van der Waals surface area (Å²) in [5.41, 5.74) is 2.18. The minimum atomic E-state index is -0.475. The lowest BCUT2D eigenvalue weighted by atomic mass is 9.73. The molecule has 5 atom stereocenters. The van der Waals surface area contributed by atoms with Crippen molar-refractivity contribution >= 4 is 11.9 Å². The topological polar surface area (TPSA) is 55.8 Å². The van der Waals surface area contributed by atoms with E-state index in [2.05, 4.69) is 13.0 Å². The van der Waals surface area contributed by atoms with Crippen LogP contribution < -0.4 is 4.74 Å². The van der Waals surface area contributed by atoms with E-state index in [0.717, 1.165) is 16.9 Å². The Labute approximate surface area is 172 Å². The molecular weight excluding hydrogens is 366 g/mol. The van der Waals surface area contributed by atoms with Crippen LogP contribution in [-0.4, -0.2) is 36.0 Å². The van der Waals surface area contributed by atoms with E-state index in [0.29, 0.717) is 0 Å². The fraction of sp³-hybridized carbons (Fsp3) is 0.417. The Morgan fingerprint density at radius 2 is 1.66 bits per heavy atom. The fourth-order valence-corrected chi connectivity index (χ4v) is 4.38. The average Bonchev–Trinajstić information content (AvgIpc) is 2.71. The number of methoxy groups -OCH3 is 1. The van der Waals surface area contributed by atoms with Crippen molar-refractivity contribution in [2.24, 2.45) is 5.92 Å². The maximum Gasteiger partial charge on any atom is 0.302 e. The second kappa shape index (κ2) is 8.68. The molecule has 2 aromatic carbocycles. The third-order valence-corrected chi connectivity index (χ3v) is 5.92. The largest absolute Gasteiger partial charge is 0.497 e. The van der Waals surface area contributed by atoms with E-state index in [4.69, 9.17) is 9.47 Å². The standard InChI is InChI=1S/C24H29NO4/c1-15(20-12-9-13-21(14-20)28-5)23-22(17(3)29-18(4)26)24(27)25(23)16(2)19-10-7-6-8-11-19/h6-17,22-23H,1-5H3/t15-,16-,17-,22+,23+/m0/s1. The van der Waals surface area contributed by atoms with Crippen molar-refractivity contribution in [1.29, 1.82) is 0 Å². The molecule has 5 heteroatoms. The number of carbonyl (C=O) groups excluding carboxylic acids is 2. The van der Waals surface area contributed by atoms with Crippen molar-refractivity contribution in [3.63, 3.8) is 0 Å². The van der Waals surface area contributed by atoms with Crippen molar-refractivity contribution in [1.82, 2.24) is 4.90 Å². The Hall–Kier alpha value is -2.82. The smallest absolute Gasteiger partial charge is 0.302 e. The van der Waals surface area contributed by atoms with E-state index in [1.165, 1.54) is 6.92 Å². The number of carbonyl (C=O) groups is 2. The van der Waals surface area contributed by atoms with E-state index < -0.39 is 6.10 Å². The molecule has 29 heavy (non-hydrogen) atoms. The van der Waals surface area contributed by atoms with Crippen molar-refractivity contribution in [3.8, 4) is 5.75 Å². The molecule has 0 bridgehead atoms. The van der Waals surface area contributed by atoms with Crippen LogP contribution in [0, 0.1) is 5.92 Å². The first-order chi connectivity index (χ1) is 13.8. The quantitative estimate of drug-likeness (QED) is 0.517. The number of amides is 1. The van der Waals surface area contributed by atoms with Gasteiger partial charge in [0.1, 0.15) is 11.9 Å². The highest BCUT2D eigenvalue weighted by molar-refractivity contribution is 5.88. The Kier molecular flexibility index (Phi) is 6.26. The number of hydrogen-bond donors (Lipinski definition) is 0. The summed E-state index contributed by atoms with van der Waals surface area (Å²) < 4.78 is 10.8. The summed E-state index contributed by atoms with van der Waals surface area (Å²) in [5.74, 6) is 0.123. The van der Waals surface area contributed by atoms with E-state index in [9.17, 15) is 9.59 Å². The van der Waals surface area contributed by atoms with Crippen molar-refractivity contribution in [2.45, 2.75) is 51.8 Å². The van der Waals surface area contributed by atoms with Gasteiger partial charge in [0, 0.05) is 12.8 Å². The predicted molar refractivity (Wildman–Crippen MR) is 112 cm³/mol. The second-order valence-corrected chi connectivity index (χ2v) is 7.73. The molecule has 0 saturated carbocycles. The number of β-lactam (4-membered cyclic amide) rings is 1. The highest BCUT2D eigenvalue weighted by atomic mass is 16.5. The van der Waals surface area contributed by atoms with E-state index in [1.54, 1.807) is 14.0 Å².